The predicted molar refractivity (Wildman–Crippen MR) is 93.7 cm³/mol. The van der Waals surface area contributed by atoms with Gasteiger partial charge in [-0.3, -0.25) is 0 Å². The first-order valence-corrected chi connectivity index (χ1v) is 10.1. The SMILES string of the molecule is NC1CC2(C1)CC(NC(=O)N1CCC(OC3CCCCC3)CC1)C2. The smallest absolute Gasteiger partial charge is 0.317 e. The molecule has 0 aromatic heterocycles. The van der Waals surface area contributed by atoms with Crippen LogP contribution in [0.1, 0.15) is 70.6 Å². The Labute approximate surface area is 145 Å². The van der Waals surface area contributed by atoms with Crippen molar-refractivity contribution in [3.63, 3.8) is 0 Å². The first kappa shape index (κ1) is 16.6. The van der Waals surface area contributed by atoms with Gasteiger partial charge in [0.1, 0.15) is 0 Å². The zero-order chi connectivity index (χ0) is 16.6. The van der Waals surface area contributed by atoms with Crippen LogP contribution < -0.4 is 11.1 Å². The van der Waals surface area contributed by atoms with Crippen molar-refractivity contribution in [3.8, 4) is 0 Å². The number of ether oxygens (including phenoxy) is 1. The molecule has 4 aliphatic rings. The third-order valence-corrected chi connectivity index (χ3v) is 6.74. The highest BCUT2D eigenvalue weighted by Crippen LogP contribution is 2.55. The highest BCUT2D eigenvalue weighted by atomic mass is 16.5. The van der Waals surface area contributed by atoms with Gasteiger partial charge in [-0.1, -0.05) is 19.3 Å². The molecule has 5 nitrogen and oxygen atoms in total. The average Bonchev–Trinajstić information content (AvgIpc) is 2.53. The van der Waals surface area contributed by atoms with E-state index in [1.807, 2.05) is 4.90 Å². The average molecular weight is 335 g/mol. The fourth-order valence-electron chi connectivity index (χ4n) is 5.41. The van der Waals surface area contributed by atoms with Crippen molar-refractivity contribution in [2.45, 2.75) is 94.9 Å². The lowest BCUT2D eigenvalue weighted by atomic mass is 9.52. The Bertz CT molecular complexity index is 442. The summed E-state index contributed by atoms with van der Waals surface area (Å²) in [6.45, 7) is 1.68. The van der Waals surface area contributed by atoms with Crippen LogP contribution in [0.5, 0.6) is 0 Å². The molecular weight excluding hydrogens is 302 g/mol. The van der Waals surface area contributed by atoms with Crippen molar-refractivity contribution in [2.75, 3.05) is 13.1 Å². The molecule has 5 heteroatoms. The zero-order valence-corrected chi connectivity index (χ0v) is 14.8. The Kier molecular flexibility index (Phi) is 4.74. The number of nitrogens with zero attached hydrogens (tertiary/aromatic N) is 1. The van der Waals surface area contributed by atoms with Crippen LogP contribution >= 0.6 is 0 Å². The van der Waals surface area contributed by atoms with Crippen molar-refractivity contribution in [2.24, 2.45) is 11.1 Å². The Morgan fingerprint density at radius 2 is 1.58 bits per heavy atom. The van der Waals surface area contributed by atoms with Gasteiger partial charge in [-0.05, 0) is 56.8 Å². The van der Waals surface area contributed by atoms with Gasteiger partial charge in [0.2, 0.25) is 0 Å². The fraction of sp³-hybridized carbons (Fsp3) is 0.947. The van der Waals surface area contributed by atoms with Gasteiger partial charge in [0.25, 0.3) is 0 Å². The summed E-state index contributed by atoms with van der Waals surface area (Å²) in [5, 5.41) is 3.23. The topological polar surface area (TPSA) is 67.6 Å². The molecule has 4 rings (SSSR count). The molecule has 2 amide bonds. The minimum absolute atomic E-state index is 0.134. The lowest BCUT2D eigenvalue weighted by Gasteiger charge is -2.57. The molecule has 1 aliphatic heterocycles. The molecule has 3 aliphatic carbocycles. The van der Waals surface area contributed by atoms with E-state index in [-0.39, 0.29) is 6.03 Å². The van der Waals surface area contributed by atoms with E-state index in [4.69, 9.17) is 10.5 Å². The number of carbonyl (C=O) groups is 1. The second-order valence-corrected chi connectivity index (χ2v) is 8.81. The molecule has 0 aromatic carbocycles. The molecule has 4 fully saturated rings. The van der Waals surface area contributed by atoms with Gasteiger partial charge < -0.3 is 20.7 Å². The van der Waals surface area contributed by atoms with Crippen LogP contribution in [0, 0.1) is 5.41 Å². The maximum atomic E-state index is 12.4. The van der Waals surface area contributed by atoms with Crippen LogP contribution in [0.4, 0.5) is 4.79 Å². The minimum Gasteiger partial charge on any atom is -0.375 e. The van der Waals surface area contributed by atoms with E-state index in [9.17, 15) is 4.79 Å². The number of likely N-dealkylation sites (tertiary alicyclic amines) is 1. The number of piperidine rings is 1. The van der Waals surface area contributed by atoms with Gasteiger partial charge in [0.15, 0.2) is 0 Å². The highest BCUT2D eigenvalue weighted by Gasteiger charge is 2.52. The first-order chi connectivity index (χ1) is 11.6. The molecule has 136 valence electrons. The molecule has 1 spiro atoms. The molecule has 1 heterocycles. The lowest BCUT2D eigenvalue weighted by Crippen LogP contribution is -2.61. The fourth-order valence-corrected chi connectivity index (χ4v) is 5.41. The van der Waals surface area contributed by atoms with Crippen molar-refractivity contribution < 1.29 is 9.53 Å². The largest absolute Gasteiger partial charge is 0.375 e. The number of carbonyl (C=O) groups excluding carboxylic acids is 1. The van der Waals surface area contributed by atoms with Gasteiger partial charge in [0.05, 0.1) is 12.2 Å². The van der Waals surface area contributed by atoms with Crippen molar-refractivity contribution in [1.82, 2.24) is 10.2 Å². The number of urea groups is 1. The monoisotopic (exact) mass is 335 g/mol. The van der Waals surface area contributed by atoms with Crippen molar-refractivity contribution in [3.05, 3.63) is 0 Å². The summed E-state index contributed by atoms with van der Waals surface area (Å²) >= 11 is 0. The standard InChI is InChI=1S/C19H33N3O2/c20-14-10-19(11-14)12-15(13-19)21-18(23)22-8-6-17(7-9-22)24-16-4-2-1-3-5-16/h14-17H,1-13,20H2,(H,21,23). The number of hydrogen-bond acceptors (Lipinski definition) is 3. The Balaban J connectivity index is 1.14. The Morgan fingerprint density at radius 1 is 0.958 bits per heavy atom. The number of rotatable bonds is 3. The van der Waals surface area contributed by atoms with E-state index in [2.05, 4.69) is 5.32 Å². The van der Waals surface area contributed by atoms with Gasteiger partial charge in [-0.15, -0.1) is 0 Å². The van der Waals surface area contributed by atoms with Gasteiger partial charge >= 0.3 is 6.03 Å². The molecule has 0 radical (unpaired) electrons. The van der Waals surface area contributed by atoms with E-state index < -0.39 is 0 Å². The quantitative estimate of drug-likeness (QED) is 0.833. The number of nitrogens with two attached hydrogens (primary N) is 1. The third-order valence-electron chi connectivity index (χ3n) is 6.74. The van der Waals surface area contributed by atoms with Gasteiger partial charge in [-0.25, -0.2) is 4.79 Å². The molecule has 0 unspecified atom stereocenters. The van der Waals surface area contributed by atoms with Crippen LogP contribution in [0.2, 0.25) is 0 Å². The predicted octanol–water partition coefficient (Wildman–Crippen LogP) is 2.78. The molecule has 1 saturated heterocycles. The van der Waals surface area contributed by atoms with Crippen molar-refractivity contribution in [1.29, 1.82) is 0 Å². The number of amides is 2. The van der Waals surface area contributed by atoms with E-state index in [1.165, 1.54) is 32.1 Å². The normalized spacial score (nSPS) is 37.8. The van der Waals surface area contributed by atoms with E-state index in [0.717, 1.165) is 51.6 Å². The zero-order valence-electron chi connectivity index (χ0n) is 14.8. The van der Waals surface area contributed by atoms with Crippen molar-refractivity contribution >= 4 is 6.03 Å². The molecule has 3 N–H and O–H groups in total. The van der Waals surface area contributed by atoms with Crippen LogP contribution in [-0.2, 0) is 4.74 Å². The molecule has 0 atom stereocenters. The highest BCUT2D eigenvalue weighted by molar-refractivity contribution is 5.74. The van der Waals surface area contributed by atoms with Gasteiger partial charge in [0, 0.05) is 25.2 Å². The summed E-state index contributed by atoms with van der Waals surface area (Å²) in [7, 11) is 0. The number of hydrogen-bond donors (Lipinski definition) is 2. The third kappa shape index (κ3) is 3.57. The Morgan fingerprint density at radius 3 is 2.21 bits per heavy atom. The second-order valence-electron chi connectivity index (χ2n) is 8.81. The van der Waals surface area contributed by atoms with Gasteiger partial charge in [-0.2, -0.15) is 0 Å². The van der Waals surface area contributed by atoms with Crippen LogP contribution in [-0.4, -0.2) is 48.3 Å². The molecular formula is C19H33N3O2. The van der Waals surface area contributed by atoms with Crippen LogP contribution in [0.3, 0.4) is 0 Å². The van der Waals surface area contributed by atoms with E-state index >= 15 is 0 Å². The van der Waals surface area contributed by atoms with Crippen LogP contribution in [0.15, 0.2) is 0 Å². The molecule has 0 bridgehead atoms. The molecule has 0 aromatic rings. The second kappa shape index (κ2) is 6.83. The summed E-state index contributed by atoms with van der Waals surface area (Å²) < 4.78 is 6.26. The molecule has 24 heavy (non-hydrogen) atoms. The summed E-state index contributed by atoms with van der Waals surface area (Å²) in [5.41, 5.74) is 6.38. The van der Waals surface area contributed by atoms with Crippen LogP contribution in [0.25, 0.3) is 0 Å². The summed E-state index contributed by atoms with van der Waals surface area (Å²) in [5.74, 6) is 0. The maximum absolute atomic E-state index is 12.4. The van der Waals surface area contributed by atoms with E-state index in [0.29, 0.717) is 29.7 Å². The Hall–Kier alpha value is -0.810. The maximum Gasteiger partial charge on any atom is 0.317 e. The van der Waals surface area contributed by atoms with E-state index in [1.54, 1.807) is 0 Å². The molecule has 3 saturated carbocycles. The summed E-state index contributed by atoms with van der Waals surface area (Å²) in [6.07, 6.45) is 13.9. The summed E-state index contributed by atoms with van der Waals surface area (Å²) in [4.78, 5) is 14.4. The summed E-state index contributed by atoms with van der Waals surface area (Å²) in [6, 6.07) is 0.917. The lowest BCUT2D eigenvalue weighted by molar-refractivity contribution is -0.0524. The number of nitrogens with one attached hydrogen (secondary N) is 1. The minimum atomic E-state index is 0.134. The first-order valence-electron chi connectivity index (χ1n) is 10.1.